The number of carbonyl (C=O) groups excluding carboxylic acids is 2. The van der Waals surface area contributed by atoms with Crippen molar-refractivity contribution >= 4 is 62.4 Å². The highest BCUT2D eigenvalue weighted by Crippen LogP contribution is 2.34. The summed E-state index contributed by atoms with van der Waals surface area (Å²) in [5.74, 6) is -0.435. The average Bonchev–Trinajstić information content (AvgIpc) is 3.80. The normalized spacial score (nSPS) is 14.2. The van der Waals surface area contributed by atoms with Crippen molar-refractivity contribution in [2.75, 3.05) is 41.8 Å². The lowest BCUT2D eigenvalue weighted by molar-refractivity contribution is -0.141. The van der Waals surface area contributed by atoms with E-state index < -0.39 is 23.7 Å². The van der Waals surface area contributed by atoms with Gasteiger partial charge in [0.15, 0.2) is 0 Å². The second kappa shape index (κ2) is 16.1. The van der Waals surface area contributed by atoms with E-state index in [1.807, 2.05) is 12.1 Å². The number of nitrogen functional groups attached to an aromatic ring is 1. The number of nitrogens with two attached hydrogens (primary N) is 1. The third-order valence-electron chi connectivity index (χ3n) is 10.2. The van der Waals surface area contributed by atoms with E-state index in [-0.39, 0.29) is 72.0 Å². The number of ether oxygens (including phenoxy) is 2. The Morgan fingerprint density at radius 2 is 1.02 bits per heavy atom. The molecule has 0 saturated heterocycles. The second-order valence-corrected chi connectivity index (χ2v) is 14.4. The molecule has 10 rings (SSSR count). The van der Waals surface area contributed by atoms with Crippen LogP contribution in [0.2, 0.25) is 5.15 Å². The van der Waals surface area contributed by atoms with Crippen molar-refractivity contribution in [1.82, 2.24) is 39.0 Å². The van der Waals surface area contributed by atoms with Crippen molar-refractivity contribution in [3.05, 3.63) is 138 Å². The minimum atomic E-state index is -4.50. The van der Waals surface area contributed by atoms with Crippen molar-refractivity contribution in [1.29, 1.82) is 0 Å². The van der Waals surface area contributed by atoms with Crippen LogP contribution in [-0.4, -0.2) is 77.2 Å². The van der Waals surface area contributed by atoms with Gasteiger partial charge in [0.2, 0.25) is 11.8 Å². The summed E-state index contributed by atoms with van der Waals surface area (Å²) >= 11 is 6.11. The molecule has 2 amide bonds. The van der Waals surface area contributed by atoms with E-state index in [9.17, 15) is 35.9 Å². The molecule has 8 heterocycles. The molecule has 0 saturated carbocycles. The lowest BCUT2D eigenvalue weighted by Gasteiger charge is -2.20. The van der Waals surface area contributed by atoms with Gasteiger partial charge in [-0.05, 0) is 72.8 Å². The van der Waals surface area contributed by atoms with E-state index in [4.69, 9.17) is 26.8 Å². The largest absolute Gasteiger partial charge is 0.475 e. The number of hydrogen-bond donors (Lipinski definition) is 1. The van der Waals surface area contributed by atoms with Gasteiger partial charge in [0.25, 0.3) is 11.8 Å². The number of anilines is 3. The van der Waals surface area contributed by atoms with Gasteiger partial charge in [-0.25, -0.2) is 29.9 Å². The van der Waals surface area contributed by atoms with Crippen LogP contribution < -0.4 is 25.0 Å². The highest BCUT2D eigenvalue weighted by Gasteiger charge is 2.34. The van der Waals surface area contributed by atoms with Crippen LogP contribution in [0, 0.1) is 0 Å². The van der Waals surface area contributed by atoms with Gasteiger partial charge in [-0.1, -0.05) is 11.6 Å². The topological polar surface area (TPSA) is 172 Å². The molecule has 0 unspecified atom stereocenters. The smallest absolute Gasteiger partial charge is 0.433 e. The van der Waals surface area contributed by atoms with Gasteiger partial charge >= 0.3 is 12.4 Å². The van der Waals surface area contributed by atoms with Gasteiger partial charge in [-0.2, -0.15) is 26.3 Å². The van der Waals surface area contributed by atoms with Crippen LogP contribution in [0.15, 0.2) is 110 Å². The first-order valence-electron chi connectivity index (χ1n) is 19.0. The highest BCUT2D eigenvalue weighted by molar-refractivity contribution is 6.33. The van der Waals surface area contributed by atoms with Crippen molar-refractivity contribution < 1.29 is 45.4 Å². The minimum absolute atomic E-state index is 0.00827. The number of alkyl halides is 6. The van der Waals surface area contributed by atoms with Gasteiger partial charge in [-0.15, -0.1) is 0 Å². The number of benzene rings is 2. The lowest BCUT2D eigenvalue weighted by atomic mass is 10.2. The van der Waals surface area contributed by atoms with Gasteiger partial charge in [-0.3, -0.25) is 9.59 Å². The van der Waals surface area contributed by atoms with Crippen molar-refractivity contribution in [3.8, 4) is 23.1 Å². The Balaban J connectivity index is 0.000000162. The Bertz CT molecular complexity index is 2880. The third-order valence-corrected chi connectivity index (χ3v) is 10.5. The van der Waals surface area contributed by atoms with Crippen LogP contribution in [0.1, 0.15) is 32.1 Å². The Hall–Kier alpha value is -7.81. The number of rotatable bonds is 4. The number of carbonyl (C=O) groups is 2. The molecule has 2 aliphatic heterocycles. The zero-order chi connectivity index (χ0) is 44.9. The number of amides is 2. The van der Waals surface area contributed by atoms with Crippen LogP contribution in [0.3, 0.4) is 0 Å². The molecule has 2 aromatic carbocycles. The van der Waals surface area contributed by atoms with E-state index in [0.717, 1.165) is 33.9 Å². The molecule has 2 N–H and O–H groups in total. The number of pyridine rings is 2. The van der Waals surface area contributed by atoms with E-state index in [1.165, 1.54) is 47.0 Å². The maximum absolute atomic E-state index is 13.1. The Labute approximate surface area is 361 Å². The molecule has 15 nitrogen and oxygen atoms in total. The summed E-state index contributed by atoms with van der Waals surface area (Å²) in [6.45, 7) is 1.01. The molecule has 6 aromatic heterocycles. The molecule has 8 aromatic rings. The first-order valence-corrected chi connectivity index (χ1v) is 19.3. The SMILES string of the molecule is Nc1ncnc2c1C(=O)N(c1ccc3c(ccn3-c3ccc(C(F)(F)F)nc3)c1)CCO2.O=C1c2c(Cl)ncnc2OCCN1c1ccc2c(ccn2-c2ccc(C(F)(F)F)nc2)c1. The van der Waals surface area contributed by atoms with Gasteiger partial charge in [0, 0.05) is 34.5 Å². The standard InChI is InChI=1S/C21H13ClF3N5O2.C21H15F3N6O2/c22-18-17-19(28-11-27-18)32-8-7-30(20(17)31)13-1-3-15-12(9-13)5-6-29(15)14-2-4-16(26-10-14)21(23,24)25;22-21(23,24)16-4-2-14(10-26-16)29-6-5-12-9-13(1-3-15(12)29)30-7-8-32-19-17(20(30)31)18(25)27-11-28-19/h1-6,9-11H,7-8H2;1-6,9-11H,7-8H2,(H2,25,27,28). The minimum Gasteiger partial charge on any atom is -0.475 e. The molecular weight excluding hydrogens is 872 g/mol. The quantitative estimate of drug-likeness (QED) is 0.134. The predicted molar refractivity (Wildman–Crippen MR) is 220 cm³/mol. The van der Waals surface area contributed by atoms with Crippen LogP contribution in [0.4, 0.5) is 43.5 Å². The fraction of sp³-hybridized carbons (Fsp3) is 0.143. The zero-order valence-corrected chi connectivity index (χ0v) is 33.3. The van der Waals surface area contributed by atoms with Gasteiger partial charge in [0.05, 0.1) is 47.9 Å². The molecule has 324 valence electrons. The van der Waals surface area contributed by atoms with E-state index in [2.05, 4.69) is 29.9 Å². The number of aromatic nitrogens is 8. The Kier molecular flexibility index (Phi) is 10.5. The summed E-state index contributed by atoms with van der Waals surface area (Å²) in [4.78, 5) is 52.0. The maximum Gasteiger partial charge on any atom is 0.433 e. The summed E-state index contributed by atoms with van der Waals surface area (Å²) < 4.78 is 91.3. The molecular formula is C42H28ClF6N11O4. The monoisotopic (exact) mass is 899 g/mol. The molecule has 64 heavy (non-hydrogen) atoms. The van der Waals surface area contributed by atoms with E-state index in [0.29, 0.717) is 22.7 Å². The molecule has 0 aliphatic carbocycles. The zero-order valence-electron chi connectivity index (χ0n) is 32.5. The second-order valence-electron chi connectivity index (χ2n) is 14.1. The fourth-order valence-corrected chi connectivity index (χ4v) is 7.41. The predicted octanol–water partition coefficient (Wildman–Crippen LogP) is 7.98. The summed E-state index contributed by atoms with van der Waals surface area (Å²) in [5.41, 5.74) is 7.87. The fourth-order valence-electron chi connectivity index (χ4n) is 7.20. The summed E-state index contributed by atoms with van der Waals surface area (Å²) in [5, 5.41) is 1.59. The molecule has 22 heteroatoms. The summed E-state index contributed by atoms with van der Waals surface area (Å²) in [6, 6.07) is 18.9. The van der Waals surface area contributed by atoms with Crippen molar-refractivity contribution in [2.45, 2.75) is 12.4 Å². The highest BCUT2D eigenvalue weighted by atomic mass is 35.5. The molecule has 0 fully saturated rings. The van der Waals surface area contributed by atoms with Crippen molar-refractivity contribution in [2.24, 2.45) is 0 Å². The number of halogens is 7. The first kappa shape index (κ1) is 41.5. The average molecular weight is 900 g/mol. The maximum atomic E-state index is 13.1. The number of nitrogens with zero attached hydrogens (tertiary/aromatic N) is 10. The van der Waals surface area contributed by atoms with E-state index in [1.54, 1.807) is 57.9 Å². The summed E-state index contributed by atoms with van der Waals surface area (Å²) in [6.07, 6.45) is -0.725. The molecule has 0 atom stereocenters. The van der Waals surface area contributed by atoms with Crippen LogP contribution in [-0.2, 0) is 12.4 Å². The van der Waals surface area contributed by atoms with E-state index >= 15 is 0 Å². The first-order chi connectivity index (χ1) is 30.7. The number of hydrogen-bond acceptors (Lipinski definition) is 11. The molecule has 0 radical (unpaired) electrons. The van der Waals surface area contributed by atoms with Gasteiger partial charge in [0.1, 0.15) is 59.4 Å². The number of fused-ring (bicyclic) bond motifs is 4. The van der Waals surface area contributed by atoms with Crippen molar-refractivity contribution in [3.63, 3.8) is 0 Å². The van der Waals surface area contributed by atoms with Gasteiger partial charge < -0.3 is 34.1 Å². The molecule has 0 spiro atoms. The summed E-state index contributed by atoms with van der Waals surface area (Å²) in [7, 11) is 0. The Morgan fingerprint density at radius 1 is 0.562 bits per heavy atom. The lowest BCUT2D eigenvalue weighted by Crippen LogP contribution is -2.32. The Morgan fingerprint density at radius 3 is 1.48 bits per heavy atom. The molecule has 0 bridgehead atoms. The third kappa shape index (κ3) is 7.80. The van der Waals surface area contributed by atoms with Crippen LogP contribution in [0.25, 0.3) is 33.2 Å². The molecule has 2 aliphatic rings. The van der Waals surface area contributed by atoms with Crippen LogP contribution in [0.5, 0.6) is 11.8 Å². The van der Waals surface area contributed by atoms with Crippen LogP contribution >= 0.6 is 11.6 Å².